The number of aryl methyl sites for hydroxylation is 2. The Kier molecular flexibility index (Phi) is 9.93. The maximum atomic E-state index is 12.0. The Hall–Kier alpha value is -4.70. The van der Waals surface area contributed by atoms with Crippen molar-refractivity contribution >= 4 is 12.2 Å². The maximum absolute atomic E-state index is 12.0. The highest BCUT2D eigenvalue weighted by atomic mass is 16.6. The van der Waals surface area contributed by atoms with Crippen LogP contribution in [0.3, 0.4) is 0 Å². The van der Waals surface area contributed by atoms with Gasteiger partial charge in [0.05, 0.1) is 0 Å². The topological polar surface area (TPSA) is 205 Å². The molecule has 2 aliphatic rings. The van der Waals surface area contributed by atoms with Gasteiger partial charge < -0.3 is 29.6 Å². The largest absolute Gasteiger partial charge is 0.446 e. The molecule has 0 saturated heterocycles. The molecule has 0 aromatic carbocycles. The lowest BCUT2D eigenvalue weighted by Crippen LogP contribution is -2.34. The molecular weight excluding hydrogens is 556 g/mol. The summed E-state index contributed by atoms with van der Waals surface area (Å²) < 4.78 is 24.1. The van der Waals surface area contributed by atoms with Crippen LogP contribution in [0.15, 0.2) is 55.9 Å². The molecule has 4 rings (SSSR count). The number of rotatable bonds is 11. The Morgan fingerprint density at radius 2 is 1.14 bits per heavy atom. The number of ether oxygens (including phenoxy) is 4. The number of hydrogen-bond donors (Lipinski definition) is 4. The summed E-state index contributed by atoms with van der Waals surface area (Å²) in [6.07, 6.45) is 6.71. The van der Waals surface area contributed by atoms with Crippen molar-refractivity contribution in [2.45, 2.75) is 51.4 Å². The lowest BCUT2D eigenvalue weighted by Gasteiger charge is -2.16. The zero-order valence-electron chi connectivity index (χ0n) is 23.0. The first-order valence-electron chi connectivity index (χ1n) is 13.2. The molecule has 4 N–H and O–H groups in total. The molecule has 0 spiro atoms. The SMILES string of the molecule is Cc1cn([C@H]2C=C[C@@H](COC(=O)NCCCCNC(=O)OC[C@@H]3C=C[C@H](n4cc(C)c(=O)[nH]c4=O)O3)O2)c(=O)[nH]c1=O. The van der Waals surface area contributed by atoms with Gasteiger partial charge in [-0.2, -0.15) is 0 Å². The van der Waals surface area contributed by atoms with Crippen molar-refractivity contribution in [3.8, 4) is 0 Å². The van der Waals surface area contributed by atoms with E-state index in [-0.39, 0.29) is 13.2 Å². The minimum Gasteiger partial charge on any atom is -0.446 e. The van der Waals surface area contributed by atoms with Crippen molar-refractivity contribution < 1.29 is 28.5 Å². The minimum atomic E-state index is -0.722. The van der Waals surface area contributed by atoms with Gasteiger partial charge in [-0.25, -0.2) is 19.2 Å². The molecule has 2 aliphatic heterocycles. The highest BCUT2D eigenvalue weighted by molar-refractivity contribution is 5.67. The molecule has 0 bridgehead atoms. The van der Waals surface area contributed by atoms with Gasteiger partial charge in [0.25, 0.3) is 11.1 Å². The van der Waals surface area contributed by atoms with Crippen molar-refractivity contribution in [3.05, 3.63) is 89.5 Å². The van der Waals surface area contributed by atoms with Gasteiger partial charge in [-0.05, 0) is 38.8 Å². The Morgan fingerprint density at radius 1 is 0.738 bits per heavy atom. The van der Waals surface area contributed by atoms with Gasteiger partial charge >= 0.3 is 23.6 Å². The van der Waals surface area contributed by atoms with E-state index in [4.69, 9.17) is 18.9 Å². The lowest BCUT2D eigenvalue weighted by molar-refractivity contribution is -0.0150. The van der Waals surface area contributed by atoms with Crippen LogP contribution in [-0.2, 0) is 18.9 Å². The number of aromatic nitrogens is 4. The van der Waals surface area contributed by atoms with E-state index in [1.807, 2.05) is 0 Å². The molecular formula is C26H32N6O10. The molecule has 0 unspecified atom stereocenters. The average molecular weight is 589 g/mol. The maximum Gasteiger partial charge on any atom is 0.407 e. The van der Waals surface area contributed by atoms with E-state index in [0.29, 0.717) is 37.1 Å². The van der Waals surface area contributed by atoms with E-state index in [2.05, 4.69) is 20.6 Å². The monoisotopic (exact) mass is 588 g/mol. The normalized spacial score (nSPS) is 20.9. The van der Waals surface area contributed by atoms with Crippen molar-refractivity contribution in [1.82, 2.24) is 29.7 Å². The molecule has 0 radical (unpaired) electrons. The molecule has 2 amide bonds. The molecule has 42 heavy (non-hydrogen) atoms. The van der Waals surface area contributed by atoms with E-state index in [1.54, 1.807) is 38.2 Å². The minimum absolute atomic E-state index is 0.0643. The smallest absolute Gasteiger partial charge is 0.407 e. The fourth-order valence-corrected chi connectivity index (χ4v) is 4.08. The van der Waals surface area contributed by atoms with Crippen LogP contribution < -0.4 is 33.1 Å². The number of hydrogen-bond acceptors (Lipinski definition) is 10. The fraction of sp³-hybridized carbons (Fsp3) is 0.462. The van der Waals surface area contributed by atoms with Crippen LogP contribution in [0.1, 0.15) is 36.4 Å². The van der Waals surface area contributed by atoms with Crippen molar-refractivity contribution in [2.75, 3.05) is 26.3 Å². The average Bonchev–Trinajstić information content (AvgIpc) is 3.62. The van der Waals surface area contributed by atoms with E-state index >= 15 is 0 Å². The van der Waals surface area contributed by atoms with Crippen molar-refractivity contribution in [1.29, 1.82) is 0 Å². The molecule has 0 fully saturated rings. The summed E-state index contributed by atoms with van der Waals surface area (Å²) in [6.45, 7) is 3.65. The highest BCUT2D eigenvalue weighted by Crippen LogP contribution is 2.20. The first-order valence-corrected chi connectivity index (χ1v) is 13.2. The second kappa shape index (κ2) is 13.8. The molecule has 2 aromatic heterocycles. The number of amides is 2. The summed E-state index contributed by atoms with van der Waals surface area (Å²) in [4.78, 5) is 75.4. The Balaban J connectivity index is 1.03. The van der Waals surface area contributed by atoms with Gasteiger partial charge in [0.15, 0.2) is 12.5 Å². The van der Waals surface area contributed by atoms with Gasteiger partial charge in [-0.1, -0.05) is 12.2 Å². The summed E-state index contributed by atoms with van der Waals surface area (Å²) in [5.41, 5.74) is -1.41. The number of carbonyl (C=O) groups excluding carboxylic acids is 2. The lowest BCUT2D eigenvalue weighted by atomic mass is 10.3. The molecule has 0 aliphatic carbocycles. The van der Waals surface area contributed by atoms with Crippen molar-refractivity contribution in [3.63, 3.8) is 0 Å². The first-order chi connectivity index (χ1) is 20.1. The molecule has 226 valence electrons. The van der Waals surface area contributed by atoms with E-state index in [0.717, 1.165) is 0 Å². The van der Waals surface area contributed by atoms with E-state index in [1.165, 1.54) is 21.5 Å². The molecule has 0 saturated carbocycles. The number of nitrogens with one attached hydrogen (secondary N) is 4. The number of aromatic amines is 2. The number of nitrogens with zero attached hydrogens (tertiary/aromatic N) is 2. The zero-order chi connectivity index (χ0) is 30.2. The van der Waals surface area contributed by atoms with E-state index < -0.39 is 59.3 Å². The van der Waals surface area contributed by atoms with Gasteiger partial charge in [-0.15, -0.1) is 0 Å². The molecule has 2 aromatic rings. The summed E-state index contributed by atoms with van der Waals surface area (Å²) in [6, 6.07) is 0. The van der Waals surface area contributed by atoms with Crippen LogP contribution >= 0.6 is 0 Å². The van der Waals surface area contributed by atoms with Crippen LogP contribution in [0.4, 0.5) is 9.59 Å². The van der Waals surface area contributed by atoms with Gasteiger partial charge in [-0.3, -0.25) is 28.7 Å². The second-order valence-corrected chi connectivity index (χ2v) is 9.61. The Morgan fingerprint density at radius 3 is 1.55 bits per heavy atom. The Labute approximate surface area is 237 Å². The van der Waals surface area contributed by atoms with Crippen LogP contribution in [0.2, 0.25) is 0 Å². The third-order valence-electron chi connectivity index (χ3n) is 6.35. The van der Waals surface area contributed by atoms with Crippen LogP contribution in [0.5, 0.6) is 0 Å². The highest BCUT2D eigenvalue weighted by Gasteiger charge is 2.24. The van der Waals surface area contributed by atoms with Crippen LogP contribution in [0, 0.1) is 13.8 Å². The number of carbonyl (C=O) groups is 2. The number of unbranched alkanes of at least 4 members (excludes halogenated alkanes) is 1. The van der Waals surface area contributed by atoms with Gasteiger partial charge in [0, 0.05) is 36.6 Å². The standard InChI is InChI=1S/C26H32N6O10/c1-15-11-31(23(35)29-21(15)33)19-7-5-17(41-19)13-39-25(37)27-9-3-4-10-28-26(38)40-14-18-6-8-20(42-18)32-12-16(2)22(34)30-24(32)36/h5-8,11-12,17-20H,3-4,9-10,13-14H2,1-2H3,(H,27,37)(H,28,38)(H,29,33,35)(H,30,34,36)/t17-,18-,19+,20+/m0/s1. The summed E-state index contributed by atoms with van der Waals surface area (Å²) in [5.74, 6) is 0. The number of H-pyrrole nitrogens is 2. The third kappa shape index (κ3) is 7.94. The number of alkyl carbamates (subject to hydrolysis) is 2. The third-order valence-corrected chi connectivity index (χ3v) is 6.35. The predicted octanol–water partition coefficient (Wildman–Crippen LogP) is -0.157. The quantitative estimate of drug-likeness (QED) is 0.202. The molecule has 4 heterocycles. The van der Waals surface area contributed by atoms with Gasteiger partial charge in [0.1, 0.15) is 25.4 Å². The zero-order valence-corrected chi connectivity index (χ0v) is 23.0. The first kappa shape index (κ1) is 30.3. The summed E-state index contributed by atoms with van der Waals surface area (Å²) >= 11 is 0. The van der Waals surface area contributed by atoms with Gasteiger partial charge in [0.2, 0.25) is 0 Å². The fourth-order valence-electron chi connectivity index (χ4n) is 4.08. The molecule has 16 nitrogen and oxygen atoms in total. The molecule has 4 atom stereocenters. The van der Waals surface area contributed by atoms with Crippen LogP contribution in [-0.4, -0.2) is 69.8 Å². The van der Waals surface area contributed by atoms with E-state index in [9.17, 15) is 28.8 Å². The summed E-state index contributed by atoms with van der Waals surface area (Å²) in [7, 11) is 0. The second-order valence-electron chi connectivity index (χ2n) is 9.61. The van der Waals surface area contributed by atoms with Crippen molar-refractivity contribution in [2.24, 2.45) is 0 Å². The molecule has 16 heteroatoms. The summed E-state index contributed by atoms with van der Waals surface area (Å²) in [5, 5.41) is 5.21. The Bertz CT molecular complexity index is 1470. The van der Waals surface area contributed by atoms with Crippen LogP contribution in [0.25, 0.3) is 0 Å². The predicted molar refractivity (Wildman–Crippen MR) is 146 cm³/mol.